The molecule has 3 aromatic rings. The van der Waals surface area contributed by atoms with Crippen LogP contribution >= 0.6 is 0 Å². The van der Waals surface area contributed by atoms with Crippen molar-refractivity contribution in [3.05, 3.63) is 84.1 Å². The van der Waals surface area contributed by atoms with Crippen molar-refractivity contribution >= 4 is 11.8 Å². The molecule has 0 aliphatic heterocycles. The van der Waals surface area contributed by atoms with Gasteiger partial charge in [-0.05, 0) is 49.2 Å². The van der Waals surface area contributed by atoms with E-state index >= 15 is 0 Å². The Labute approximate surface area is 175 Å². The smallest absolute Gasteiger partial charge is 0.286 e. The van der Waals surface area contributed by atoms with Gasteiger partial charge in [0.2, 0.25) is 5.91 Å². The Morgan fingerprint density at radius 3 is 2.67 bits per heavy atom. The number of benzene rings is 1. The molecule has 2 N–H and O–H groups in total. The van der Waals surface area contributed by atoms with E-state index < -0.39 is 0 Å². The lowest BCUT2D eigenvalue weighted by atomic mass is 10.1. The molecule has 0 aliphatic carbocycles. The van der Waals surface area contributed by atoms with E-state index in [1.165, 1.54) is 6.26 Å². The number of nitrogens with zero attached hydrogens (tertiary/aromatic N) is 1. The molecule has 2 heterocycles. The highest BCUT2D eigenvalue weighted by Gasteiger charge is 2.11. The van der Waals surface area contributed by atoms with Crippen LogP contribution < -0.4 is 15.4 Å². The first-order valence-electron chi connectivity index (χ1n) is 9.84. The van der Waals surface area contributed by atoms with E-state index in [1.807, 2.05) is 43.3 Å². The van der Waals surface area contributed by atoms with E-state index in [2.05, 4.69) is 15.6 Å². The zero-order chi connectivity index (χ0) is 21.2. The van der Waals surface area contributed by atoms with Gasteiger partial charge in [-0.15, -0.1) is 0 Å². The van der Waals surface area contributed by atoms with E-state index in [1.54, 1.807) is 24.5 Å². The number of ether oxygens (including phenoxy) is 1. The van der Waals surface area contributed by atoms with Crippen LogP contribution in [-0.4, -0.2) is 23.3 Å². The maximum atomic E-state index is 12.2. The van der Waals surface area contributed by atoms with Gasteiger partial charge in [0.25, 0.3) is 5.91 Å². The fourth-order valence-electron chi connectivity index (χ4n) is 2.85. The Hall–Kier alpha value is -3.61. The molecule has 156 valence electrons. The summed E-state index contributed by atoms with van der Waals surface area (Å²) in [5.74, 6) is 0.681. The zero-order valence-electron chi connectivity index (χ0n) is 16.8. The van der Waals surface area contributed by atoms with Crippen LogP contribution in [0, 0.1) is 0 Å². The largest absolute Gasteiger partial charge is 0.489 e. The Kier molecular flexibility index (Phi) is 7.60. The van der Waals surface area contributed by atoms with E-state index in [-0.39, 0.29) is 23.6 Å². The Bertz CT molecular complexity index is 925. The summed E-state index contributed by atoms with van der Waals surface area (Å²) < 4.78 is 10.8. The molecule has 0 spiro atoms. The van der Waals surface area contributed by atoms with Gasteiger partial charge >= 0.3 is 0 Å². The van der Waals surface area contributed by atoms with Gasteiger partial charge in [-0.1, -0.05) is 18.2 Å². The molecule has 0 aliphatic rings. The SMILES string of the molecule is CC(NC(=O)CCCNC(=O)c1ccco1)c1ccc(OCc2cccnc2)cc1. The van der Waals surface area contributed by atoms with Crippen molar-refractivity contribution in [2.45, 2.75) is 32.4 Å². The first-order chi connectivity index (χ1) is 14.6. The third-order valence-corrected chi connectivity index (χ3v) is 4.50. The minimum absolute atomic E-state index is 0.0633. The fourth-order valence-corrected chi connectivity index (χ4v) is 2.85. The van der Waals surface area contributed by atoms with Crippen molar-refractivity contribution in [1.82, 2.24) is 15.6 Å². The van der Waals surface area contributed by atoms with Crippen molar-refractivity contribution in [3.8, 4) is 5.75 Å². The lowest BCUT2D eigenvalue weighted by molar-refractivity contribution is -0.121. The summed E-state index contributed by atoms with van der Waals surface area (Å²) in [5.41, 5.74) is 1.99. The Morgan fingerprint density at radius 2 is 1.97 bits per heavy atom. The molecular weight excluding hydrogens is 382 g/mol. The highest BCUT2D eigenvalue weighted by atomic mass is 16.5. The van der Waals surface area contributed by atoms with Crippen molar-refractivity contribution in [1.29, 1.82) is 0 Å². The number of pyridine rings is 1. The van der Waals surface area contributed by atoms with E-state index in [9.17, 15) is 9.59 Å². The monoisotopic (exact) mass is 407 g/mol. The molecule has 0 fully saturated rings. The molecule has 1 unspecified atom stereocenters. The number of amides is 2. The van der Waals surface area contributed by atoms with E-state index in [4.69, 9.17) is 9.15 Å². The van der Waals surface area contributed by atoms with E-state index in [0.717, 1.165) is 16.9 Å². The number of carbonyl (C=O) groups excluding carboxylic acids is 2. The third-order valence-electron chi connectivity index (χ3n) is 4.50. The first kappa shape index (κ1) is 21.1. The molecule has 1 aromatic carbocycles. The van der Waals surface area contributed by atoms with Gasteiger partial charge in [-0.2, -0.15) is 0 Å². The summed E-state index contributed by atoms with van der Waals surface area (Å²) in [5, 5.41) is 5.69. The van der Waals surface area contributed by atoms with Crippen molar-refractivity contribution in [3.63, 3.8) is 0 Å². The molecule has 2 aromatic heterocycles. The van der Waals surface area contributed by atoms with Crippen LogP contribution in [0.2, 0.25) is 0 Å². The number of hydrogen-bond donors (Lipinski definition) is 2. The molecule has 1 atom stereocenters. The summed E-state index contributed by atoms with van der Waals surface area (Å²) in [6.45, 7) is 2.79. The van der Waals surface area contributed by atoms with Gasteiger partial charge in [0.15, 0.2) is 5.76 Å². The highest BCUT2D eigenvalue weighted by molar-refractivity contribution is 5.91. The van der Waals surface area contributed by atoms with Crippen LogP contribution in [0.15, 0.2) is 71.6 Å². The molecule has 0 bridgehead atoms. The van der Waals surface area contributed by atoms with Gasteiger partial charge < -0.3 is 19.8 Å². The van der Waals surface area contributed by atoms with Crippen LogP contribution in [0.5, 0.6) is 5.75 Å². The van der Waals surface area contributed by atoms with Crippen molar-refractivity contribution in [2.24, 2.45) is 0 Å². The molecule has 7 heteroatoms. The number of carbonyl (C=O) groups is 2. The lowest BCUT2D eigenvalue weighted by Gasteiger charge is -2.15. The molecule has 2 amide bonds. The fraction of sp³-hybridized carbons (Fsp3) is 0.261. The second-order valence-electron chi connectivity index (χ2n) is 6.84. The summed E-state index contributed by atoms with van der Waals surface area (Å²) in [6.07, 6.45) is 5.82. The number of rotatable bonds is 10. The predicted molar refractivity (Wildman–Crippen MR) is 112 cm³/mol. The number of nitrogens with one attached hydrogen (secondary N) is 2. The zero-order valence-corrected chi connectivity index (χ0v) is 16.8. The van der Waals surface area contributed by atoms with Crippen LogP contribution in [0.1, 0.15) is 47.5 Å². The summed E-state index contributed by atoms with van der Waals surface area (Å²) in [6, 6.07) is 14.6. The molecule has 3 rings (SSSR count). The quantitative estimate of drug-likeness (QED) is 0.501. The number of hydrogen-bond acceptors (Lipinski definition) is 5. The van der Waals surface area contributed by atoms with Gasteiger partial charge in [0.05, 0.1) is 12.3 Å². The molecular formula is C23H25N3O4. The standard InChI is InChI=1S/C23H25N3O4/c1-17(26-22(27)7-3-13-25-23(28)21-6-4-14-29-21)19-8-10-20(11-9-19)30-16-18-5-2-12-24-15-18/h2,4-6,8-12,14-15,17H,3,7,13,16H2,1H3,(H,25,28)(H,26,27). The van der Waals surface area contributed by atoms with E-state index in [0.29, 0.717) is 26.0 Å². The number of aromatic nitrogens is 1. The van der Waals surface area contributed by atoms with Crippen LogP contribution in [0.4, 0.5) is 0 Å². The minimum Gasteiger partial charge on any atom is -0.489 e. The summed E-state index contributed by atoms with van der Waals surface area (Å²) in [4.78, 5) is 28.0. The average molecular weight is 407 g/mol. The van der Waals surface area contributed by atoms with Gasteiger partial charge in [0.1, 0.15) is 12.4 Å². The van der Waals surface area contributed by atoms with Crippen LogP contribution in [-0.2, 0) is 11.4 Å². The normalized spacial score (nSPS) is 11.5. The maximum absolute atomic E-state index is 12.2. The molecule has 0 radical (unpaired) electrons. The molecule has 7 nitrogen and oxygen atoms in total. The minimum atomic E-state index is -0.278. The van der Waals surface area contributed by atoms with Crippen LogP contribution in [0.3, 0.4) is 0 Å². The maximum Gasteiger partial charge on any atom is 0.286 e. The van der Waals surface area contributed by atoms with Crippen LogP contribution in [0.25, 0.3) is 0 Å². The van der Waals surface area contributed by atoms with Gasteiger partial charge in [0, 0.05) is 30.9 Å². The third kappa shape index (κ3) is 6.48. The number of furan rings is 1. The molecule has 0 saturated heterocycles. The highest BCUT2D eigenvalue weighted by Crippen LogP contribution is 2.18. The second-order valence-corrected chi connectivity index (χ2v) is 6.84. The molecule has 0 saturated carbocycles. The Morgan fingerprint density at radius 1 is 1.13 bits per heavy atom. The summed E-state index contributed by atoms with van der Waals surface area (Å²) >= 11 is 0. The Balaban J connectivity index is 1.36. The predicted octanol–water partition coefficient (Wildman–Crippen LogP) is 3.64. The van der Waals surface area contributed by atoms with Gasteiger partial charge in [-0.3, -0.25) is 14.6 Å². The average Bonchev–Trinajstić information content (AvgIpc) is 3.31. The molecule has 30 heavy (non-hydrogen) atoms. The van der Waals surface area contributed by atoms with Crippen molar-refractivity contribution in [2.75, 3.05) is 6.54 Å². The first-order valence-corrected chi connectivity index (χ1v) is 9.84. The summed E-state index contributed by atoms with van der Waals surface area (Å²) in [7, 11) is 0. The topological polar surface area (TPSA) is 93.5 Å². The lowest BCUT2D eigenvalue weighted by Crippen LogP contribution is -2.28. The van der Waals surface area contributed by atoms with Gasteiger partial charge in [-0.25, -0.2) is 0 Å². The second kappa shape index (κ2) is 10.8. The van der Waals surface area contributed by atoms with Crippen molar-refractivity contribution < 1.29 is 18.7 Å².